The number of rotatable bonds is 8. The summed E-state index contributed by atoms with van der Waals surface area (Å²) < 4.78 is 64.8. The van der Waals surface area contributed by atoms with Crippen molar-refractivity contribution in [1.29, 1.82) is 0 Å². The van der Waals surface area contributed by atoms with Gasteiger partial charge in [-0.05, 0) is 30.3 Å². The fourth-order valence-corrected chi connectivity index (χ4v) is 4.75. The molecule has 0 fully saturated rings. The number of nitrogens with one attached hydrogen (secondary N) is 1. The smallest absolute Gasteiger partial charge is 0.325 e. The highest BCUT2D eigenvalue weighted by atomic mass is 35.5. The lowest BCUT2D eigenvalue weighted by Gasteiger charge is -2.18. The number of alkyl halides is 3. The van der Waals surface area contributed by atoms with E-state index in [4.69, 9.17) is 11.6 Å². The third kappa shape index (κ3) is 6.10. The normalized spacial score (nSPS) is 12.2. The van der Waals surface area contributed by atoms with Gasteiger partial charge in [-0.2, -0.15) is 17.5 Å². The molecule has 0 spiro atoms. The number of aromatic nitrogens is 1. The van der Waals surface area contributed by atoms with Crippen molar-refractivity contribution in [2.45, 2.75) is 29.9 Å². The van der Waals surface area contributed by atoms with Gasteiger partial charge in [0.15, 0.2) is 0 Å². The molecule has 30 heavy (non-hydrogen) atoms. The van der Waals surface area contributed by atoms with Crippen LogP contribution in [0, 0.1) is 0 Å². The summed E-state index contributed by atoms with van der Waals surface area (Å²) in [5.74, 6) is -0.670. The van der Waals surface area contributed by atoms with Gasteiger partial charge in [0.1, 0.15) is 4.90 Å². The predicted molar refractivity (Wildman–Crippen MR) is 110 cm³/mol. The van der Waals surface area contributed by atoms with E-state index < -0.39 is 32.7 Å². The topological polar surface area (TPSA) is 79.4 Å². The molecule has 1 heterocycles. The lowest BCUT2D eigenvalue weighted by Crippen LogP contribution is -2.30. The van der Waals surface area contributed by atoms with Crippen molar-refractivity contribution in [2.24, 2.45) is 0 Å². The number of pyridine rings is 1. The number of sulfonamides is 1. The van der Waals surface area contributed by atoms with Crippen LogP contribution in [0.25, 0.3) is 0 Å². The van der Waals surface area contributed by atoms with Crippen molar-refractivity contribution in [2.75, 3.05) is 24.2 Å². The highest BCUT2D eigenvalue weighted by Crippen LogP contribution is 2.36. The second-order valence-electron chi connectivity index (χ2n) is 5.95. The van der Waals surface area contributed by atoms with Crippen LogP contribution in [0.3, 0.4) is 0 Å². The Labute approximate surface area is 181 Å². The first-order valence-electron chi connectivity index (χ1n) is 8.74. The summed E-state index contributed by atoms with van der Waals surface area (Å²) in [5, 5.41) is 2.31. The van der Waals surface area contributed by atoms with Gasteiger partial charge in [-0.15, -0.1) is 0 Å². The van der Waals surface area contributed by atoms with Gasteiger partial charge in [-0.25, -0.2) is 13.4 Å². The van der Waals surface area contributed by atoms with Crippen LogP contribution >= 0.6 is 23.4 Å². The molecule has 0 bridgehead atoms. The number of nitrogens with zero attached hydrogens (tertiary/aromatic N) is 2. The molecule has 2 aromatic rings. The lowest BCUT2D eigenvalue weighted by atomic mass is 10.2. The van der Waals surface area contributed by atoms with Gasteiger partial charge in [-0.1, -0.05) is 37.2 Å². The zero-order chi connectivity index (χ0) is 22.5. The first-order chi connectivity index (χ1) is 14.0. The third-order valence-corrected chi connectivity index (χ3v) is 7.27. The van der Waals surface area contributed by atoms with Crippen LogP contribution in [0.4, 0.5) is 18.9 Å². The number of thioether (sulfide) groups is 1. The molecule has 0 atom stereocenters. The summed E-state index contributed by atoms with van der Waals surface area (Å²) in [7, 11) is -3.63. The van der Waals surface area contributed by atoms with Crippen molar-refractivity contribution >= 4 is 45.0 Å². The Hall–Kier alpha value is -1.82. The Bertz CT molecular complexity index is 996. The van der Waals surface area contributed by atoms with E-state index >= 15 is 0 Å². The van der Waals surface area contributed by atoms with E-state index in [0.29, 0.717) is 18.1 Å². The monoisotopic (exact) mass is 481 g/mol. The quantitative estimate of drug-likeness (QED) is 0.561. The second-order valence-corrected chi connectivity index (χ2v) is 9.29. The largest absolute Gasteiger partial charge is 0.417 e. The molecule has 2 rings (SSSR count). The molecule has 1 N–H and O–H groups in total. The maximum atomic E-state index is 12.9. The summed E-state index contributed by atoms with van der Waals surface area (Å²) in [4.78, 5) is 16.1. The van der Waals surface area contributed by atoms with Gasteiger partial charge in [0, 0.05) is 25.0 Å². The SMILES string of the molecule is CCN(CC)S(=O)(=O)c1ccc(SCC(=O)Nc2ccc(Cl)c(C(F)(F)F)c2)nc1. The van der Waals surface area contributed by atoms with E-state index in [0.717, 1.165) is 23.9 Å². The van der Waals surface area contributed by atoms with Gasteiger partial charge in [0.2, 0.25) is 15.9 Å². The maximum Gasteiger partial charge on any atom is 0.417 e. The Morgan fingerprint density at radius 3 is 2.40 bits per heavy atom. The first-order valence-corrected chi connectivity index (χ1v) is 11.5. The number of anilines is 1. The van der Waals surface area contributed by atoms with Crippen LogP contribution in [0.5, 0.6) is 0 Å². The summed E-state index contributed by atoms with van der Waals surface area (Å²) in [6.45, 7) is 4.12. The lowest BCUT2D eigenvalue weighted by molar-refractivity contribution is -0.137. The van der Waals surface area contributed by atoms with Crippen molar-refractivity contribution in [3.05, 3.63) is 47.1 Å². The molecule has 6 nitrogen and oxygen atoms in total. The van der Waals surface area contributed by atoms with Crippen LogP contribution in [0.15, 0.2) is 46.5 Å². The maximum absolute atomic E-state index is 12.9. The van der Waals surface area contributed by atoms with Gasteiger partial charge < -0.3 is 5.32 Å². The number of halogens is 4. The van der Waals surface area contributed by atoms with E-state index in [-0.39, 0.29) is 16.3 Å². The zero-order valence-corrected chi connectivity index (χ0v) is 18.4. The molecular weight excluding hydrogens is 463 g/mol. The van der Waals surface area contributed by atoms with E-state index in [2.05, 4.69) is 10.3 Å². The molecule has 0 saturated heterocycles. The molecule has 1 aromatic heterocycles. The highest BCUT2D eigenvalue weighted by Gasteiger charge is 2.33. The standard InChI is InChI=1S/C18H19ClF3N3O3S2/c1-3-25(4-2)30(27,28)13-6-8-17(23-10-13)29-11-16(26)24-12-5-7-15(19)14(9-12)18(20,21)22/h5-10H,3-4,11H2,1-2H3,(H,24,26). The molecule has 0 aliphatic rings. The van der Waals surface area contributed by atoms with Gasteiger partial charge in [0.05, 0.1) is 21.4 Å². The molecular formula is C18H19ClF3N3O3S2. The number of carbonyl (C=O) groups is 1. The van der Waals surface area contributed by atoms with Crippen molar-refractivity contribution in [3.63, 3.8) is 0 Å². The van der Waals surface area contributed by atoms with Crippen LogP contribution in [-0.2, 0) is 21.0 Å². The van der Waals surface area contributed by atoms with Crippen LogP contribution in [-0.4, -0.2) is 42.5 Å². The average Bonchev–Trinajstić information content (AvgIpc) is 2.68. The minimum Gasteiger partial charge on any atom is -0.325 e. The Morgan fingerprint density at radius 2 is 1.87 bits per heavy atom. The second kappa shape index (κ2) is 9.99. The number of hydrogen-bond donors (Lipinski definition) is 1. The Balaban J connectivity index is 2.01. The van der Waals surface area contributed by atoms with Crippen molar-refractivity contribution in [3.8, 4) is 0 Å². The number of benzene rings is 1. The fourth-order valence-electron chi connectivity index (χ4n) is 2.47. The molecule has 0 radical (unpaired) electrons. The van der Waals surface area contributed by atoms with Gasteiger partial charge >= 0.3 is 6.18 Å². The minimum atomic E-state index is -4.64. The van der Waals surface area contributed by atoms with E-state index in [1.54, 1.807) is 13.8 Å². The Kier molecular flexibility index (Phi) is 8.14. The Morgan fingerprint density at radius 1 is 1.20 bits per heavy atom. The summed E-state index contributed by atoms with van der Waals surface area (Å²) in [6.07, 6.45) is -3.42. The number of carbonyl (C=O) groups excluding carboxylic acids is 1. The summed E-state index contributed by atoms with van der Waals surface area (Å²) in [6, 6.07) is 5.96. The highest BCUT2D eigenvalue weighted by molar-refractivity contribution is 7.99. The van der Waals surface area contributed by atoms with Gasteiger partial charge in [0.25, 0.3) is 0 Å². The molecule has 0 aliphatic heterocycles. The molecule has 164 valence electrons. The minimum absolute atomic E-state index is 0.0362. The molecule has 0 saturated carbocycles. The fraction of sp³-hybridized carbons (Fsp3) is 0.333. The molecule has 1 aromatic carbocycles. The summed E-state index contributed by atoms with van der Waals surface area (Å²) >= 11 is 6.57. The number of hydrogen-bond acceptors (Lipinski definition) is 5. The summed E-state index contributed by atoms with van der Waals surface area (Å²) in [5.41, 5.74) is -1.08. The van der Waals surface area contributed by atoms with Crippen LogP contribution in [0.1, 0.15) is 19.4 Å². The molecule has 0 aliphatic carbocycles. The van der Waals surface area contributed by atoms with Crippen molar-refractivity contribution in [1.82, 2.24) is 9.29 Å². The number of amides is 1. The van der Waals surface area contributed by atoms with Gasteiger partial charge in [-0.3, -0.25) is 4.79 Å². The molecule has 0 unspecified atom stereocenters. The van der Waals surface area contributed by atoms with E-state index in [1.165, 1.54) is 28.7 Å². The average molecular weight is 482 g/mol. The van der Waals surface area contributed by atoms with E-state index in [1.807, 2.05) is 0 Å². The van der Waals surface area contributed by atoms with Crippen LogP contribution in [0.2, 0.25) is 5.02 Å². The zero-order valence-electron chi connectivity index (χ0n) is 16.0. The van der Waals surface area contributed by atoms with E-state index in [9.17, 15) is 26.4 Å². The predicted octanol–water partition coefficient (Wildman–Crippen LogP) is 4.52. The first kappa shape index (κ1) is 24.4. The molecule has 1 amide bonds. The third-order valence-electron chi connectivity index (χ3n) is 3.96. The van der Waals surface area contributed by atoms with Crippen molar-refractivity contribution < 1.29 is 26.4 Å². The van der Waals surface area contributed by atoms with Crippen LogP contribution < -0.4 is 5.32 Å². The molecule has 12 heteroatoms.